The number of carbonyl (C=O) groups is 1. The molecule has 0 saturated carbocycles. The van der Waals surface area contributed by atoms with Crippen LogP contribution in [0.4, 0.5) is 11.4 Å². The lowest BCUT2D eigenvalue weighted by Crippen LogP contribution is -2.18. The number of benzene rings is 1. The minimum absolute atomic E-state index is 0.283. The molecule has 2 rings (SSSR count). The highest BCUT2D eigenvalue weighted by molar-refractivity contribution is 6.07. The Labute approximate surface area is 117 Å². The van der Waals surface area contributed by atoms with Crippen LogP contribution in [0.5, 0.6) is 0 Å². The predicted octanol–water partition coefficient (Wildman–Crippen LogP) is 1.71. The van der Waals surface area contributed by atoms with Gasteiger partial charge in [-0.3, -0.25) is 9.48 Å². The fourth-order valence-electron chi connectivity index (χ4n) is 2.05. The molecule has 0 aliphatic rings. The maximum Gasteiger partial charge on any atom is 0.276 e. The van der Waals surface area contributed by atoms with Crippen LogP contribution in [0.25, 0.3) is 0 Å². The predicted molar refractivity (Wildman–Crippen MR) is 77.5 cm³/mol. The van der Waals surface area contributed by atoms with Crippen molar-refractivity contribution in [3.63, 3.8) is 0 Å². The molecule has 1 aromatic heterocycles. The lowest BCUT2D eigenvalue weighted by molar-refractivity contribution is 0.101. The van der Waals surface area contributed by atoms with Crippen molar-refractivity contribution in [1.82, 2.24) is 9.78 Å². The first-order valence-corrected chi connectivity index (χ1v) is 6.22. The normalized spacial score (nSPS) is 10.6. The second-order valence-electron chi connectivity index (χ2n) is 4.52. The molecule has 106 valence electrons. The molecule has 0 fully saturated rings. The molecule has 1 heterocycles. The van der Waals surface area contributed by atoms with Crippen LogP contribution in [-0.2, 0) is 18.4 Å². The van der Waals surface area contributed by atoms with Crippen molar-refractivity contribution in [2.45, 2.75) is 13.5 Å². The second-order valence-corrected chi connectivity index (χ2v) is 4.52. The first-order valence-electron chi connectivity index (χ1n) is 6.22. The number of aryl methyl sites for hydroxylation is 2. The van der Waals surface area contributed by atoms with E-state index in [2.05, 4.69) is 10.4 Å². The van der Waals surface area contributed by atoms with Crippen LogP contribution >= 0.6 is 0 Å². The monoisotopic (exact) mass is 274 g/mol. The Kier molecular flexibility index (Phi) is 4.05. The standard InChI is InChI=1S/C14H18N4O2/c1-9-12(15)13(18(2)17-9)14(19)16-11-7-5-4-6-10(11)8-20-3/h4-7H,8,15H2,1-3H3,(H,16,19). The van der Waals surface area contributed by atoms with E-state index in [1.165, 1.54) is 4.68 Å². The van der Waals surface area contributed by atoms with Crippen LogP contribution in [0.2, 0.25) is 0 Å². The first kappa shape index (κ1) is 14.1. The molecule has 0 aliphatic carbocycles. The van der Waals surface area contributed by atoms with Gasteiger partial charge >= 0.3 is 0 Å². The third kappa shape index (κ3) is 2.65. The number of rotatable bonds is 4. The van der Waals surface area contributed by atoms with E-state index in [4.69, 9.17) is 10.5 Å². The third-order valence-electron chi connectivity index (χ3n) is 3.05. The highest BCUT2D eigenvalue weighted by atomic mass is 16.5. The van der Waals surface area contributed by atoms with Crippen LogP contribution < -0.4 is 11.1 Å². The van der Waals surface area contributed by atoms with Crippen LogP contribution in [0.15, 0.2) is 24.3 Å². The van der Waals surface area contributed by atoms with Crippen molar-refractivity contribution in [2.24, 2.45) is 7.05 Å². The first-order chi connectivity index (χ1) is 9.54. The molecule has 2 aromatic rings. The number of hydrogen-bond donors (Lipinski definition) is 2. The van der Waals surface area contributed by atoms with Gasteiger partial charge in [-0.05, 0) is 13.0 Å². The van der Waals surface area contributed by atoms with Gasteiger partial charge in [0.1, 0.15) is 5.69 Å². The number of nitrogens with one attached hydrogen (secondary N) is 1. The summed E-state index contributed by atoms with van der Waals surface area (Å²) in [6, 6.07) is 7.47. The molecular weight excluding hydrogens is 256 g/mol. The topological polar surface area (TPSA) is 82.2 Å². The Bertz CT molecular complexity index is 634. The van der Waals surface area contributed by atoms with Crippen LogP contribution in [0, 0.1) is 6.92 Å². The summed E-state index contributed by atoms with van der Waals surface area (Å²) in [4.78, 5) is 12.3. The van der Waals surface area contributed by atoms with Gasteiger partial charge in [0.25, 0.3) is 5.91 Å². The van der Waals surface area contributed by atoms with Crippen molar-refractivity contribution >= 4 is 17.3 Å². The van der Waals surface area contributed by atoms with E-state index in [1.807, 2.05) is 24.3 Å². The lowest BCUT2D eigenvalue weighted by Gasteiger charge is -2.10. The van der Waals surface area contributed by atoms with E-state index in [1.54, 1.807) is 21.1 Å². The number of ether oxygens (including phenoxy) is 1. The second kappa shape index (κ2) is 5.75. The number of amides is 1. The Hall–Kier alpha value is -2.34. The Morgan fingerprint density at radius 3 is 2.75 bits per heavy atom. The molecule has 0 radical (unpaired) electrons. The number of nitrogens with two attached hydrogens (primary N) is 1. The quantitative estimate of drug-likeness (QED) is 0.889. The fraction of sp³-hybridized carbons (Fsp3) is 0.286. The average Bonchev–Trinajstić information content (AvgIpc) is 2.66. The molecule has 0 spiro atoms. The summed E-state index contributed by atoms with van der Waals surface area (Å²) in [6.07, 6.45) is 0. The number of nitrogen functional groups attached to an aromatic ring is 1. The summed E-state index contributed by atoms with van der Waals surface area (Å²) >= 11 is 0. The van der Waals surface area contributed by atoms with Gasteiger partial charge in [0.15, 0.2) is 0 Å². The number of para-hydroxylation sites is 1. The molecule has 0 atom stereocenters. The molecule has 0 saturated heterocycles. The smallest absolute Gasteiger partial charge is 0.276 e. The molecule has 0 unspecified atom stereocenters. The molecule has 0 bridgehead atoms. The fourth-order valence-corrected chi connectivity index (χ4v) is 2.05. The largest absolute Gasteiger partial charge is 0.395 e. The van der Waals surface area contributed by atoms with E-state index in [-0.39, 0.29) is 5.91 Å². The van der Waals surface area contributed by atoms with Crippen molar-refractivity contribution in [1.29, 1.82) is 0 Å². The number of aromatic nitrogens is 2. The van der Waals surface area contributed by atoms with Gasteiger partial charge in [0.2, 0.25) is 0 Å². The summed E-state index contributed by atoms with van der Waals surface area (Å²) in [7, 11) is 3.31. The maximum atomic E-state index is 12.3. The number of nitrogens with zero attached hydrogens (tertiary/aromatic N) is 2. The van der Waals surface area contributed by atoms with Crippen molar-refractivity contribution in [3.8, 4) is 0 Å². The third-order valence-corrected chi connectivity index (χ3v) is 3.05. The summed E-state index contributed by atoms with van der Waals surface area (Å²) in [6.45, 7) is 2.20. The van der Waals surface area contributed by atoms with E-state index in [9.17, 15) is 4.79 Å². The molecular formula is C14H18N4O2. The lowest BCUT2D eigenvalue weighted by atomic mass is 10.2. The molecule has 1 aromatic carbocycles. The molecule has 6 nitrogen and oxygen atoms in total. The number of carbonyl (C=O) groups excluding carboxylic acids is 1. The number of anilines is 2. The van der Waals surface area contributed by atoms with E-state index >= 15 is 0 Å². The maximum absolute atomic E-state index is 12.3. The van der Waals surface area contributed by atoms with E-state index < -0.39 is 0 Å². The zero-order chi connectivity index (χ0) is 14.7. The summed E-state index contributed by atoms with van der Waals surface area (Å²) in [5, 5.41) is 6.99. The molecule has 6 heteroatoms. The van der Waals surface area contributed by atoms with Gasteiger partial charge in [-0.1, -0.05) is 18.2 Å². The van der Waals surface area contributed by atoms with Gasteiger partial charge in [0.05, 0.1) is 18.0 Å². The Morgan fingerprint density at radius 2 is 2.15 bits per heavy atom. The number of hydrogen-bond acceptors (Lipinski definition) is 4. The average molecular weight is 274 g/mol. The minimum Gasteiger partial charge on any atom is -0.395 e. The summed E-state index contributed by atoms with van der Waals surface area (Å²) < 4.78 is 6.60. The van der Waals surface area contributed by atoms with E-state index in [0.717, 1.165) is 5.56 Å². The molecule has 1 amide bonds. The zero-order valence-electron chi connectivity index (χ0n) is 11.8. The van der Waals surface area contributed by atoms with Crippen LogP contribution in [0.3, 0.4) is 0 Å². The van der Waals surface area contributed by atoms with Gasteiger partial charge in [-0.25, -0.2) is 0 Å². The molecule has 20 heavy (non-hydrogen) atoms. The number of methoxy groups -OCH3 is 1. The van der Waals surface area contributed by atoms with Gasteiger partial charge in [-0.15, -0.1) is 0 Å². The molecule has 0 aliphatic heterocycles. The Morgan fingerprint density at radius 1 is 1.45 bits per heavy atom. The van der Waals surface area contributed by atoms with Crippen LogP contribution in [-0.4, -0.2) is 22.8 Å². The van der Waals surface area contributed by atoms with Gasteiger partial charge in [-0.2, -0.15) is 5.10 Å². The van der Waals surface area contributed by atoms with Gasteiger partial charge in [0, 0.05) is 25.4 Å². The summed E-state index contributed by atoms with van der Waals surface area (Å²) in [5.41, 5.74) is 8.89. The van der Waals surface area contributed by atoms with Crippen molar-refractivity contribution in [3.05, 3.63) is 41.2 Å². The van der Waals surface area contributed by atoms with Crippen molar-refractivity contribution < 1.29 is 9.53 Å². The van der Waals surface area contributed by atoms with Gasteiger partial charge < -0.3 is 15.8 Å². The SMILES string of the molecule is COCc1ccccc1NC(=O)c1c(N)c(C)nn1C. The van der Waals surface area contributed by atoms with E-state index in [0.29, 0.717) is 29.4 Å². The van der Waals surface area contributed by atoms with Crippen molar-refractivity contribution in [2.75, 3.05) is 18.2 Å². The Balaban J connectivity index is 2.28. The zero-order valence-corrected chi connectivity index (χ0v) is 11.8. The van der Waals surface area contributed by atoms with Crippen LogP contribution in [0.1, 0.15) is 21.7 Å². The summed E-state index contributed by atoms with van der Waals surface area (Å²) in [5.74, 6) is -0.283. The minimum atomic E-state index is -0.283. The highest BCUT2D eigenvalue weighted by Gasteiger charge is 2.18. The molecule has 3 N–H and O–H groups in total. The highest BCUT2D eigenvalue weighted by Crippen LogP contribution is 2.20.